The molecule has 1 atom stereocenters. The largest absolute Gasteiger partial charge is 0.466 e. The Kier molecular flexibility index (Phi) is 6.67. The molecule has 0 aliphatic heterocycles. The molecule has 136 valence electrons. The zero-order valence-corrected chi connectivity index (χ0v) is 14.2. The molecule has 0 radical (unpaired) electrons. The monoisotopic (exact) mass is 357 g/mol. The molecule has 0 aliphatic carbocycles. The minimum atomic E-state index is -0.589. The molecule has 2 N–H and O–H groups in total. The molecule has 26 heavy (non-hydrogen) atoms. The van der Waals surface area contributed by atoms with E-state index in [1.807, 2.05) is 6.07 Å². The van der Waals surface area contributed by atoms with Gasteiger partial charge in [-0.15, -0.1) is 0 Å². The number of esters is 1. The quantitative estimate of drug-likeness (QED) is 0.448. The molecule has 0 aromatic heterocycles. The smallest absolute Gasteiger partial charge is 0.319 e. The number of non-ortho nitro benzene ring substituents is 1. The Labute approximate surface area is 150 Å². The molecule has 0 bridgehead atoms. The van der Waals surface area contributed by atoms with Gasteiger partial charge in [-0.3, -0.25) is 14.9 Å². The highest BCUT2D eigenvalue weighted by Crippen LogP contribution is 2.19. The summed E-state index contributed by atoms with van der Waals surface area (Å²) in [7, 11) is 0. The van der Waals surface area contributed by atoms with E-state index in [1.54, 1.807) is 31.2 Å². The predicted molar refractivity (Wildman–Crippen MR) is 95.7 cm³/mol. The van der Waals surface area contributed by atoms with Gasteiger partial charge in [-0.1, -0.05) is 36.4 Å². The Bertz CT molecular complexity index is 779. The highest BCUT2D eigenvalue weighted by atomic mass is 16.6. The third kappa shape index (κ3) is 5.59. The number of urea groups is 1. The van der Waals surface area contributed by atoms with Gasteiger partial charge in [0.2, 0.25) is 0 Å². The van der Waals surface area contributed by atoms with Gasteiger partial charge in [-0.2, -0.15) is 0 Å². The first-order valence-corrected chi connectivity index (χ1v) is 8.02. The SMILES string of the molecule is CCOC(=O)CC(NC(=O)Nc1cccc([N+](=O)[O-])c1)c1ccccc1. The second kappa shape index (κ2) is 9.16. The molecule has 0 aliphatic rings. The molecular formula is C18H19N3O5. The zero-order chi connectivity index (χ0) is 18.9. The van der Waals surface area contributed by atoms with Crippen LogP contribution in [0.25, 0.3) is 0 Å². The Morgan fingerprint density at radius 1 is 1.15 bits per heavy atom. The number of carbonyl (C=O) groups excluding carboxylic acids is 2. The number of nitrogens with zero attached hydrogens (tertiary/aromatic N) is 1. The lowest BCUT2D eigenvalue weighted by atomic mass is 10.0. The number of amides is 2. The summed E-state index contributed by atoms with van der Waals surface area (Å²) in [6.07, 6.45) is -0.0276. The van der Waals surface area contributed by atoms with Gasteiger partial charge < -0.3 is 15.4 Å². The fraction of sp³-hybridized carbons (Fsp3) is 0.222. The summed E-state index contributed by atoms with van der Waals surface area (Å²) in [5.74, 6) is -0.433. The standard InChI is InChI=1S/C18H19N3O5/c1-2-26-17(22)12-16(13-7-4-3-5-8-13)20-18(23)19-14-9-6-10-15(11-14)21(24)25/h3-11,16H,2,12H2,1H3,(H2,19,20,23). The average molecular weight is 357 g/mol. The molecule has 0 saturated carbocycles. The van der Waals surface area contributed by atoms with Crippen LogP contribution in [0.5, 0.6) is 0 Å². The molecular weight excluding hydrogens is 338 g/mol. The van der Waals surface area contributed by atoms with Crippen molar-refractivity contribution < 1.29 is 19.2 Å². The van der Waals surface area contributed by atoms with Gasteiger partial charge in [-0.25, -0.2) is 4.79 Å². The minimum Gasteiger partial charge on any atom is -0.466 e. The van der Waals surface area contributed by atoms with Crippen LogP contribution >= 0.6 is 0 Å². The minimum absolute atomic E-state index is 0.0276. The third-order valence-electron chi connectivity index (χ3n) is 3.50. The van der Waals surface area contributed by atoms with Gasteiger partial charge in [-0.05, 0) is 18.6 Å². The van der Waals surface area contributed by atoms with Crippen LogP contribution in [0.4, 0.5) is 16.2 Å². The number of anilines is 1. The van der Waals surface area contributed by atoms with Crippen LogP contribution in [0.15, 0.2) is 54.6 Å². The number of hydrogen-bond donors (Lipinski definition) is 2. The number of nitrogens with one attached hydrogen (secondary N) is 2. The van der Waals surface area contributed by atoms with Crippen LogP contribution in [-0.2, 0) is 9.53 Å². The predicted octanol–water partition coefficient (Wildman–Crippen LogP) is 3.41. The maximum absolute atomic E-state index is 12.3. The maximum atomic E-state index is 12.3. The number of carbonyl (C=O) groups is 2. The van der Waals surface area contributed by atoms with Gasteiger partial charge in [0.25, 0.3) is 5.69 Å². The van der Waals surface area contributed by atoms with Crippen molar-refractivity contribution in [2.24, 2.45) is 0 Å². The van der Waals surface area contributed by atoms with E-state index in [2.05, 4.69) is 10.6 Å². The van der Waals surface area contributed by atoms with E-state index in [0.29, 0.717) is 0 Å². The molecule has 2 rings (SSSR count). The summed E-state index contributed by atoms with van der Waals surface area (Å²) in [5.41, 5.74) is 0.892. The van der Waals surface area contributed by atoms with Crippen molar-refractivity contribution >= 4 is 23.4 Å². The van der Waals surface area contributed by atoms with Gasteiger partial charge in [0, 0.05) is 17.8 Å². The van der Waals surface area contributed by atoms with E-state index in [4.69, 9.17) is 4.74 Å². The van der Waals surface area contributed by atoms with Crippen LogP contribution < -0.4 is 10.6 Å². The first-order valence-electron chi connectivity index (χ1n) is 8.02. The summed E-state index contributed by atoms with van der Waals surface area (Å²) >= 11 is 0. The topological polar surface area (TPSA) is 111 Å². The number of nitro groups is 1. The fourth-order valence-corrected chi connectivity index (χ4v) is 2.35. The lowest BCUT2D eigenvalue weighted by molar-refractivity contribution is -0.384. The molecule has 2 aromatic carbocycles. The maximum Gasteiger partial charge on any atom is 0.319 e. The van der Waals surface area contributed by atoms with E-state index >= 15 is 0 Å². The normalized spacial score (nSPS) is 11.3. The van der Waals surface area contributed by atoms with E-state index in [0.717, 1.165) is 5.56 Å². The van der Waals surface area contributed by atoms with Crippen LogP contribution in [0, 0.1) is 10.1 Å². The Hall–Kier alpha value is -3.42. The Morgan fingerprint density at radius 3 is 2.54 bits per heavy atom. The van der Waals surface area contributed by atoms with E-state index in [-0.39, 0.29) is 24.4 Å². The number of ether oxygens (including phenoxy) is 1. The van der Waals surface area contributed by atoms with E-state index < -0.39 is 23.0 Å². The molecule has 0 heterocycles. The molecule has 8 nitrogen and oxygen atoms in total. The third-order valence-corrected chi connectivity index (χ3v) is 3.50. The van der Waals surface area contributed by atoms with Crippen LogP contribution in [0.3, 0.4) is 0 Å². The molecule has 1 unspecified atom stereocenters. The molecule has 0 saturated heterocycles. The second-order valence-corrected chi connectivity index (χ2v) is 5.38. The Balaban J connectivity index is 2.09. The summed E-state index contributed by atoms with van der Waals surface area (Å²) in [6.45, 7) is 1.96. The van der Waals surface area contributed by atoms with Gasteiger partial charge >= 0.3 is 12.0 Å². The molecule has 2 aromatic rings. The number of nitro benzene ring substituents is 1. The number of rotatable bonds is 7. The number of hydrogen-bond acceptors (Lipinski definition) is 5. The zero-order valence-electron chi connectivity index (χ0n) is 14.2. The van der Waals surface area contributed by atoms with Gasteiger partial charge in [0.05, 0.1) is 24.0 Å². The summed E-state index contributed by atoms with van der Waals surface area (Å²) in [6, 6.07) is 13.4. The highest BCUT2D eigenvalue weighted by molar-refractivity contribution is 5.90. The fourth-order valence-electron chi connectivity index (χ4n) is 2.35. The van der Waals surface area contributed by atoms with Crippen molar-refractivity contribution in [3.63, 3.8) is 0 Å². The van der Waals surface area contributed by atoms with Gasteiger partial charge in [0.15, 0.2) is 0 Å². The van der Waals surface area contributed by atoms with Crippen molar-refractivity contribution in [3.8, 4) is 0 Å². The van der Waals surface area contributed by atoms with Crippen molar-refractivity contribution in [3.05, 3.63) is 70.3 Å². The summed E-state index contributed by atoms with van der Waals surface area (Å²) in [5, 5.41) is 16.0. The average Bonchev–Trinajstić information content (AvgIpc) is 2.62. The van der Waals surface area contributed by atoms with Gasteiger partial charge in [0.1, 0.15) is 0 Å². The second-order valence-electron chi connectivity index (χ2n) is 5.38. The molecule has 8 heteroatoms. The van der Waals surface area contributed by atoms with Crippen molar-refractivity contribution in [1.82, 2.24) is 5.32 Å². The first kappa shape index (κ1) is 18.9. The van der Waals surface area contributed by atoms with Crippen molar-refractivity contribution in [1.29, 1.82) is 0 Å². The van der Waals surface area contributed by atoms with Crippen molar-refractivity contribution in [2.75, 3.05) is 11.9 Å². The van der Waals surface area contributed by atoms with Crippen LogP contribution in [0.2, 0.25) is 0 Å². The van der Waals surface area contributed by atoms with Crippen molar-refractivity contribution in [2.45, 2.75) is 19.4 Å². The van der Waals surface area contributed by atoms with Crippen LogP contribution in [0.1, 0.15) is 24.9 Å². The highest BCUT2D eigenvalue weighted by Gasteiger charge is 2.19. The first-order chi connectivity index (χ1) is 12.5. The van der Waals surface area contributed by atoms with E-state index in [9.17, 15) is 19.7 Å². The summed E-state index contributed by atoms with van der Waals surface area (Å²) in [4.78, 5) is 34.4. The van der Waals surface area contributed by atoms with E-state index in [1.165, 1.54) is 24.3 Å². The lowest BCUT2D eigenvalue weighted by Crippen LogP contribution is -2.34. The number of benzene rings is 2. The lowest BCUT2D eigenvalue weighted by Gasteiger charge is -2.19. The molecule has 2 amide bonds. The summed E-state index contributed by atoms with van der Waals surface area (Å²) < 4.78 is 4.95. The molecule has 0 spiro atoms. The van der Waals surface area contributed by atoms with Crippen LogP contribution in [-0.4, -0.2) is 23.5 Å². The molecule has 0 fully saturated rings. The Morgan fingerprint density at radius 2 is 1.88 bits per heavy atom.